The predicted octanol–water partition coefficient (Wildman–Crippen LogP) is 2.43. The van der Waals surface area contributed by atoms with Gasteiger partial charge in [-0.1, -0.05) is 13.3 Å². The normalized spacial score (nSPS) is 18.9. The van der Waals surface area contributed by atoms with Crippen molar-refractivity contribution in [1.29, 1.82) is 0 Å². The third-order valence-corrected chi connectivity index (χ3v) is 4.66. The van der Waals surface area contributed by atoms with Crippen molar-refractivity contribution in [2.75, 3.05) is 13.1 Å². The Morgan fingerprint density at radius 1 is 1.61 bits per heavy atom. The van der Waals surface area contributed by atoms with Gasteiger partial charge in [-0.25, -0.2) is 4.98 Å². The van der Waals surface area contributed by atoms with Gasteiger partial charge in [0.15, 0.2) is 0 Å². The van der Waals surface area contributed by atoms with Crippen molar-refractivity contribution in [3.05, 3.63) is 16.1 Å². The summed E-state index contributed by atoms with van der Waals surface area (Å²) in [5.41, 5.74) is 6.32. The van der Waals surface area contributed by atoms with Crippen LogP contribution in [0.15, 0.2) is 5.38 Å². The van der Waals surface area contributed by atoms with E-state index < -0.39 is 0 Å². The van der Waals surface area contributed by atoms with E-state index in [1.807, 2.05) is 17.2 Å². The number of piperidine rings is 1. The summed E-state index contributed by atoms with van der Waals surface area (Å²) in [4.78, 5) is 18.5. The maximum atomic E-state index is 12.3. The summed E-state index contributed by atoms with van der Waals surface area (Å²) in [6.07, 6.45) is 3.45. The molecule has 1 aliphatic heterocycles. The molecule has 0 radical (unpaired) electrons. The van der Waals surface area contributed by atoms with Crippen molar-refractivity contribution in [2.45, 2.75) is 39.2 Å². The monoisotopic (exact) mass is 267 g/mol. The van der Waals surface area contributed by atoms with Crippen LogP contribution in [0.4, 0.5) is 0 Å². The van der Waals surface area contributed by atoms with E-state index in [0.717, 1.165) is 36.9 Å². The zero-order valence-electron chi connectivity index (χ0n) is 11.1. The van der Waals surface area contributed by atoms with Gasteiger partial charge in [0.25, 0.3) is 5.91 Å². The van der Waals surface area contributed by atoms with Crippen LogP contribution in [0.3, 0.4) is 0 Å². The fourth-order valence-corrected chi connectivity index (χ4v) is 3.05. The molecule has 5 heteroatoms. The largest absolute Gasteiger partial charge is 0.337 e. The minimum atomic E-state index is -0.0950. The van der Waals surface area contributed by atoms with E-state index in [1.54, 1.807) is 0 Å². The molecule has 1 amide bonds. The number of carbonyl (C=O) groups excluding carboxylic acids is 1. The molecule has 1 aromatic heterocycles. The quantitative estimate of drug-likeness (QED) is 0.915. The topological polar surface area (TPSA) is 59.2 Å². The second-order valence-electron chi connectivity index (χ2n) is 5.00. The second kappa shape index (κ2) is 5.80. The molecule has 1 fully saturated rings. The van der Waals surface area contributed by atoms with Gasteiger partial charge in [-0.3, -0.25) is 4.79 Å². The lowest BCUT2D eigenvalue weighted by atomic mass is 9.94. The first-order chi connectivity index (χ1) is 8.61. The maximum absolute atomic E-state index is 12.3. The Hall–Kier alpha value is -0.940. The number of aromatic nitrogens is 1. The average Bonchev–Trinajstić information content (AvgIpc) is 2.88. The highest BCUT2D eigenvalue weighted by Gasteiger charge is 2.24. The number of thiazole rings is 1. The zero-order chi connectivity index (χ0) is 13.1. The van der Waals surface area contributed by atoms with Crippen LogP contribution in [0.5, 0.6) is 0 Å². The molecule has 1 saturated heterocycles. The van der Waals surface area contributed by atoms with Gasteiger partial charge in [0.2, 0.25) is 0 Å². The number of nitrogens with two attached hydrogens (primary N) is 1. The molecule has 1 unspecified atom stereocenters. The summed E-state index contributed by atoms with van der Waals surface area (Å²) in [7, 11) is 0. The third kappa shape index (κ3) is 2.90. The molecular weight excluding hydrogens is 246 g/mol. The van der Waals surface area contributed by atoms with Crippen LogP contribution in [0.25, 0.3) is 0 Å². The van der Waals surface area contributed by atoms with Crippen LogP contribution < -0.4 is 5.73 Å². The van der Waals surface area contributed by atoms with E-state index in [9.17, 15) is 4.79 Å². The number of hydrogen-bond acceptors (Lipinski definition) is 4. The van der Waals surface area contributed by atoms with Gasteiger partial charge in [0.1, 0.15) is 10.7 Å². The van der Waals surface area contributed by atoms with Crippen LogP contribution >= 0.6 is 11.3 Å². The maximum Gasteiger partial charge on any atom is 0.273 e. The summed E-state index contributed by atoms with van der Waals surface area (Å²) in [5.74, 6) is 0.844. The van der Waals surface area contributed by atoms with Crippen molar-refractivity contribution in [3.63, 3.8) is 0 Å². The fourth-order valence-electron chi connectivity index (χ4n) is 2.30. The molecule has 0 aromatic carbocycles. The van der Waals surface area contributed by atoms with E-state index in [0.29, 0.717) is 5.69 Å². The number of carbonyl (C=O) groups is 1. The molecule has 0 saturated carbocycles. The van der Waals surface area contributed by atoms with Crippen LogP contribution in [0.2, 0.25) is 0 Å². The summed E-state index contributed by atoms with van der Waals surface area (Å²) in [6.45, 7) is 5.84. The molecule has 0 bridgehead atoms. The first-order valence-corrected chi connectivity index (χ1v) is 7.50. The van der Waals surface area contributed by atoms with Crippen LogP contribution in [0.1, 0.15) is 54.6 Å². The summed E-state index contributed by atoms with van der Waals surface area (Å²) in [6, 6.07) is -0.0950. The summed E-state index contributed by atoms with van der Waals surface area (Å²) in [5, 5.41) is 2.66. The van der Waals surface area contributed by atoms with Gasteiger partial charge in [0.05, 0.1) is 6.04 Å². The van der Waals surface area contributed by atoms with Crippen molar-refractivity contribution in [3.8, 4) is 0 Å². The molecule has 2 rings (SSSR count). The zero-order valence-corrected chi connectivity index (χ0v) is 11.9. The minimum absolute atomic E-state index is 0.0627. The number of nitrogens with zero attached hydrogens (tertiary/aromatic N) is 2. The molecule has 1 aromatic rings. The Morgan fingerprint density at radius 2 is 2.28 bits per heavy atom. The fraction of sp³-hybridized carbons (Fsp3) is 0.692. The highest BCUT2D eigenvalue weighted by molar-refractivity contribution is 7.09. The Labute approximate surface area is 112 Å². The molecular formula is C13H21N3OS. The SMILES string of the molecule is CCC1CCN(C(=O)c2csc(C(C)N)n2)CC1. The van der Waals surface area contributed by atoms with Crippen molar-refractivity contribution >= 4 is 17.2 Å². The van der Waals surface area contributed by atoms with Crippen molar-refractivity contribution in [2.24, 2.45) is 11.7 Å². The van der Waals surface area contributed by atoms with E-state index in [4.69, 9.17) is 5.73 Å². The molecule has 4 nitrogen and oxygen atoms in total. The number of rotatable bonds is 3. The highest BCUT2D eigenvalue weighted by atomic mass is 32.1. The Morgan fingerprint density at radius 3 is 2.78 bits per heavy atom. The summed E-state index contributed by atoms with van der Waals surface area (Å²) < 4.78 is 0. The Balaban J connectivity index is 1.98. The molecule has 1 aliphatic rings. The third-order valence-electron chi connectivity index (χ3n) is 3.61. The first-order valence-electron chi connectivity index (χ1n) is 6.62. The van der Waals surface area contributed by atoms with Gasteiger partial charge < -0.3 is 10.6 Å². The lowest BCUT2D eigenvalue weighted by Gasteiger charge is -2.31. The molecule has 2 N–H and O–H groups in total. The highest BCUT2D eigenvalue weighted by Crippen LogP contribution is 2.22. The van der Waals surface area contributed by atoms with Gasteiger partial charge in [-0.2, -0.15) is 0 Å². The Bertz CT molecular complexity index is 408. The molecule has 0 spiro atoms. The van der Waals surface area contributed by atoms with E-state index in [2.05, 4.69) is 11.9 Å². The molecule has 18 heavy (non-hydrogen) atoms. The number of likely N-dealkylation sites (tertiary alicyclic amines) is 1. The van der Waals surface area contributed by atoms with Crippen LogP contribution in [-0.2, 0) is 0 Å². The molecule has 2 heterocycles. The number of hydrogen-bond donors (Lipinski definition) is 1. The Kier molecular flexibility index (Phi) is 4.35. The standard InChI is InChI=1S/C13H21N3OS/c1-3-10-4-6-16(7-5-10)13(17)11-8-18-12(15-11)9(2)14/h8-10H,3-7,14H2,1-2H3. The average molecular weight is 267 g/mol. The van der Waals surface area contributed by atoms with Crippen LogP contribution in [0, 0.1) is 5.92 Å². The van der Waals surface area contributed by atoms with E-state index in [1.165, 1.54) is 17.8 Å². The van der Waals surface area contributed by atoms with Crippen molar-refractivity contribution < 1.29 is 4.79 Å². The molecule has 0 aliphatic carbocycles. The van der Waals surface area contributed by atoms with E-state index in [-0.39, 0.29) is 11.9 Å². The van der Waals surface area contributed by atoms with Gasteiger partial charge in [-0.05, 0) is 25.7 Å². The van der Waals surface area contributed by atoms with Gasteiger partial charge in [0, 0.05) is 18.5 Å². The molecule has 1 atom stereocenters. The first kappa shape index (κ1) is 13.5. The van der Waals surface area contributed by atoms with Crippen LogP contribution in [-0.4, -0.2) is 28.9 Å². The lowest BCUT2D eigenvalue weighted by Crippen LogP contribution is -2.38. The number of amides is 1. The second-order valence-corrected chi connectivity index (χ2v) is 5.89. The smallest absolute Gasteiger partial charge is 0.273 e. The lowest BCUT2D eigenvalue weighted by molar-refractivity contribution is 0.0683. The van der Waals surface area contributed by atoms with Gasteiger partial charge >= 0.3 is 0 Å². The summed E-state index contributed by atoms with van der Waals surface area (Å²) >= 11 is 1.47. The minimum Gasteiger partial charge on any atom is -0.337 e. The van der Waals surface area contributed by atoms with E-state index >= 15 is 0 Å². The van der Waals surface area contributed by atoms with Crippen molar-refractivity contribution in [1.82, 2.24) is 9.88 Å². The van der Waals surface area contributed by atoms with Gasteiger partial charge in [-0.15, -0.1) is 11.3 Å². The molecule has 100 valence electrons. The predicted molar refractivity (Wildman–Crippen MR) is 73.6 cm³/mol.